The molecule has 0 bridgehead atoms. The predicted molar refractivity (Wildman–Crippen MR) is 78.1 cm³/mol. The van der Waals surface area contributed by atoms with E-state index in [-0.39, 0.29) is 0 Å². The molecule has 3 N–H and O–H groups in total. The van der Waals surface area contributed by atoms with Gasteiger partial charge in [-0.3, -0.25) is 4.79 Å². The van der Waals surface area contributed by atoms with Gasteiger partial charge in [0.15, 0.2) is 0 Å². The lowest BCUT2D eigenvalue weighted by Crippen LogP contribution is -2.10. The number of hydrogen-bond acceptors (Lipinski definition) is 4. The van der Waals surface area contributed by atoms with Crippen molar-refractivity contribution in [3.8, 4) is 11.5 Å². The molecule has 2 rings (SSSR count). The van der Waals surface area contributed by atoms with E-state index in [1.54, 1.807) is 36.5 Å². The Labute approximate surface area is 117 Å². The first kappa shape index (κ1) is 13.9. The fraction of sp³-hybridized carbons (Fsp3) is 0.200. The van der Waals surface area contributed by atoms with Crippen LogP contribution in [0.4, 0.5) is 5.82 Å². The van der Waals surface area contributed by atoms with Crippen LogP contribution in [0.2, 0.25) is 0 Å². The number of carbonyl (C=O) groups excluding carboxylic acids is 1. The normalized spacial score (nSPS) is 10.1. The van der Waals surface area contributed by atoms with Crippen LogP contribution < -0.4 is 15.8 Å². The highest BCUT2D eigenvalue weighted by molar-refractivity contribution is 5.92. The molecule has 1 aromatic heterocycles. The zero-order chi connectivity index (χ0) is 14.4. The monoisotopic (exact) mass is 271 g/mol. The highest BCUT2D eigenvalue weighted by Gasteiger charge is 2.02. The van der Waals surface area contributed by atoms with E-state index in [1.807, 2.05) is 6.07 Å². The second-order valence-corrected chi connectivity index (χ2v) is 4.29. The average molecular weight is 271 g/mol. The van der Waals surface area contributed by atoms with E-state index >= 15 is 0 Å². The smallest absolute Gasteiger partial charge is 0.248 e. The summed E-state index contributed by atoms with van der Waals surface area (Å²) in [6, 6.07) is 10.3. The number of nitrogens with two attached hydrogens (primary N) is 1. The number of primary amides is 1. The molecular formula is C15H17N3O2. The number of pyridine rings is 1. The third-order valence-corrected chi connectivity index (χ3v) is 2.66. The van der Waals surface area contributed by atoms with Crippen molar-refractivity contribution in [1.82, 2.24) is 4.98 Å². The lowest BCUT2D eigenvalue weighted by atomic mass is 10.2. The summed E-state index contributed by atoms with van der Waals surface area (Å²) in [4.78, 5) is 15.2. The average Bonchev–Trinajstić information content (AvgIpc) is 2.46. The summed E-state index contributed by atoms with van der Waals surface area (Å²) in [5, 5.41) is 3.19. The van der Waals surface area contributed by atoms with Gasteiger partial charge in [-0.1, -0.05) is 6.92 Å². The van der Waals surface area contributed by atoms with E-state index in [4.69, 9.17) is 10.5 Å². The van der Waals surface area contributed by atoms with Crippen molar-refractivity contribution in [2.24, 2.45) is 5.73 Å². The number of benzene rings is 1. The van der Waals surface area contributed by atoms with Crippen LogP contribution in [0.15, 0.2) is 42.6 Å². The van der Waals surface area contributed by atoms with E-state index in [0.717, 1.165) is 18.8 Å². The summed E-state index contributed by atoms with van der Waals surface area (Å²) >= 11 is 0. The van der Waals surface area contributed by atoms with Gasteiger partial charge in [-0.2, -0.15) is 0 Å². The van der Waals surface area contributed by atoms with Gasteiger partial charge in [-0.15, -0.1) is 0 Å². The second-order valence-electron chi connectivity index (χ2n) is 4.29. The van der Waals surface area contributed by atoms with Gasteiger partial charge in [0.1, 0.15) is 17.3 Å². The van der Waals surface area contributed by atoms with Crippen LogP contribution in [0.3, 0.4) is 0 Å². The first-order valence-corrected chi connectivity index (χ1v) is 6.46. The fourth-order valence-electron chi connectivity index (χ4n) is 1.65. The van der Waals surface area contributed by atoms with Crippen LogP contribution in [-0.2, 0) is 0 Å². The number of anilines is 1. The molecule has 1 aromatic carbocycles. The van der Waals surface area contributed by atoms with E-state index in [9.17, 15) is 4.79 Å². The standard InChI is InChI=1S/C15H17N3O2/c1-2-8-17-14-10-13(7-9-18-14)20-12-5-3-11(4-6-12)15(16)19/h3-7,9-10H,2,8H2,1H3,(H2,16,19)(H,17,18). The van der Waals surface area contributed by atoms with Crippen molar-refractivity contribution < 1.29 is 9.53 Å². The van der Waals surface area contributed by atoms with E-state index in [0.29, 0.717) is 17.1 Å². The summed E-state index contributed by atoms with van der Waals surface area (Å²) in [6.07, 6.45) is 2.71. The third-order valence-electron chi connectivity index (χ3n) is 2.66. The zero-order valence-corrected chi connectivity index (χ0v) is 11.3. The first-order chi connectivity index (χ1) is 9.69. The molecule has 0 saturated heterocycles. The summed E-state index contributed by atoms with van der Waals surface area (Å²) in [7, 11) is 0. The molecule has 5 nitrogen and oxygen atoms in total. The van der Waals surface area contributed by atoms with Crippen LogP contribution in [0.1, 0.15) is 23.7 Å². The largest absolute Gasteiger partial charge is 0.457 e. The Morgan fingerprint density at radius 2 is 2.00 bits per heavy atom. The molecule has 1 heterocycles. The Hall–Kier alpha value is -2.56. The Morgan fingerprint density at radius 1 is 1.25 bits per heavy atom. The van der Waals surface area contributed by atoms with Crippen LogP contribution in [0.25, 0.3) is 0 Å². The van der Waals surface area contributed by atoms with Crippen LogP contribution in [-0.4, -0.2) is 17.4 Å². The summed E-state index contributed by atoms with van der Waals surface area (Å²) in [6.45, 7) is 2.96. The molecule has 0 fully saturated rings. The predicted octanol–water partition coefficient (Wildman–Crippen LogP) is 2.79. The minimum atomic E-state index is -0.452. The molecule has 0 radical (unpaired) electrons. The van der Waals surface area contributed by atoms with E-state index in [1.165, 1.54) is 0 Å². The lowest BCUT2D eigenvalue weighted by molar-refractivity contribution is 0.100. The van der Waals surface area contributed by atoms with Crippen molar-refractivity contribution in [1.29, 1.82) is 0 Å². The Kier molecular flexibility index (Phi) is 4.55. The van der Waals surface area contributed by atoms with Gasteiger partial charge in [-0.05, 0) is 36.8 Å². The van der Waals surface area contributed by atoms with Crippen LogP contribution in [0, 0.1) is 0 Å². The number of amides is 1. The maximum Gasteiger partial charge on any atom is 0.248 e. The van der Waals surface area contributed by atoms with E-state index < -0.39 is 5.91 Å². The number of ether oxygens (including phenoxy) is 1. The van der Waals surface area contributed by atoms with Gasteiger partial charge in [0.05, 0.1) is 0 Å². The number of nitrogens with one attached hydrogen (secondary N) is 1. The molecular weight excluding hydrogens is 254 g/mol. The van der Waals surface area contributed by atoms with Crippen molar-refractivity contribution in [3.05, 3.63) is 48.2 Å². The molecule has 0 aliphatic heterocycles. The number of rotatable bonds is 6. The molecule has 0 saturated carbocycles. The number of hydrogen-bond donors (Lipinski definition) is 2. The zero-order valence-electron chi connectivity index (χ0n) is 11.3. The molecule has 20 heavy (non-hydrogen) atoms. The molecule has 0 spiro atoms. The number of carbonyl (C=O) groups is 1. The molecule has 0 aliphatic rings. The van der Waals surface area contributed by atoms with Gasteiger partial charge in [0.2, 0.25) is 5.91 Å². The minimum Gasteiger partial charge on any atom is -0.457 e. The van der Waals surface area contributed by atoms with Crippen molar-refractivity contribution in [3.63, 3.8) is 0 Å². The van der Waals surface area contributed by atoms with E-state index in [2.05, 4.69) is 17.2 Å². The van der Waals surface area contributed by atoms with Crippen molar-refractivity contribution in [2.45, 2.75) is 13.3 Å². The Morgan fingerprint density at radius 3 is 2.65 bits per heavy atom. The molecule has 5 heteroatoms. The summed E-state index contributed by atoms with van der Waals surface area (Å²) in [5.41, 5.74) is 5.64. The van der Waals surface area contributed by atoms with Crippen molar-refractivity contribution in [2.75, 3.05) is 11.9 Å². The number of aromatic nitrogens is 1. The number of nitrogens with zero attached hydrogens (tertiary/aromatic N) is 1. The topological polar surface area (TPSA) is 77.2 Å². The highest BCUT2D eigenvalue weighted by Crippen LogP contribution is 2.23. The molecule has 0 atom stereocenters. The van der Waals surface area contributed by atoms with Crippen LogP contribution in [0.5, 0.6) is 11.5 Å². The van der Waals surface area contributed by atoms with Crippen molar-refractivity contribution >= 4 is 11.7 Å². The SMILES string of the molecule is CCCNc1cc(Oc2ccc(C(N)=O)cc2)ccn1. The lowest BCUT2D eigenvalue weighted by Gasteiger charge is -2.08. The summed E-state index contributed by atoms with van der Waals surface area (Å²) < 4.78 is 5.70. The van der Waals surface area contributed by atoms with Gasteiger partial charge >= 0.3 is 0 Å². The molecule has 1 amide bonds. The molecule has 0 aliphatic carbocycles. The Balaban J connectivity index is 2.07. The molecule has 2 aromatic rings. The van der Waals surface area contributed by atoms with Gasteiger partial charge < -0.3 is 15.8 Å². The third kappa shape index (κ3) is 3.71. The van der Waals surface area contributed by atoms with Gasteiger partial charge in [0.25, 0.3) is 0 Å². The second kappa shape index (κ2) is 6.56. The highest BCUT2D eigenvalue weighted by atomic mass is 16.5. The minimum absolute atomic E-state index is 0.452. The van der Waals surface area contributed by atoms with Gasteiger partial charge in [0, 0.05) is 24.4 Å². The quantitative estimate of drug-likeness (QED) is 0.847. The fourth-order valence-corrected chi connectivity index (χ4v) is 1.65. The molecule has 104 valence electrons. The van der Waals surface area contributed by atoms with Gasteiger partial charge in [-0.25, -0.2) is 4.98 Å². The molecule has 0 unspecified atom stereocenters. The first-order valence-electron chi connectivity index (χ1n) is 6.46. The maximum atomic E-state index is 11.0. The maximum absolute atomic E-state index is 11.0. The van der Waals surface area contributed by atoms with Crippen LogP contribution >= 0.6 is 0 Å². The summed E-state index contributed by atoms with van der Waals surface area (Å²) in [5.74, 6) is 1.65. The Bertz CT molecular complexity index is 582.